The van der Waals surface area contributed by atoms with E-state index in [2.05, 4.69) is 54.5 Å². The van der Waals surface area contributed by atoms with Gasteiger partial charge in [0, 0.05) is 17.3 Å². The molecule has 0 radical (unpaired) electrons. The van der Waals surface area contributed by atoms with Crippen LogP contribution in [0, 0.1) is 50.2 Å². The number of allylic oxidation sites excluding steroid dienone is 2. The minimum Gasteiger partial charge on any atom is -0.396 e. The van der Waals surface area contributed by atoms with Gasteiger partial charge in [0.15, 0.2) is 0 Å². The summed E-state index contributed by atoms with van der Waals surface area (Å²) in [6.07, 6.45) is 11.6. The Hall–Kier alpha value is -0.380. The Bertz CT molecular complexity index is 847. The number of aliphatic hydroxyl groups excluding tert-OH is 3. The molecule has 0 aliphatic heterocycles. The first kappa shape index (κ1) is 24.3. The van der Waals surface area contributed by atoms with Crippen molar-refractivity contribution >= 4 is 0 Å². The van der Waals surface area contributed by atoms with Crippen molar-refractivity contribution in [2.24, 2.45) is 50.2 Å². The first-order valence-corrected chi connectivity index (χ1v) is 13.9. The number of hydrogen-bond donors (Lipinski definition) is 3. The van der Waals surface area contributed by atoms with Gasteiger partial charge >= 0.3 is 0 Å². The van der Waals surface area contributed by atoms with Gasteiger partial charge in [-0.05, 0) is 90.8 Å². The highest BCUT2D eigenvalue weighted by atomic mass is 16.3. The molecule has 0 spiro atoms. The van der Waals surface area contributed by atoms with Crippen LogP contribution in [0.15, 0.2) is 11.6 Å². The summed E-state index contributed by atoms with van der Waals surface area (Å²) in [5, 5.41) is 32.9. The van der Waals surface area contributed by atoms with E-state index in [1.807, 2.05) is 0 Å². The van der Waals surface area contributed by atoms with Crippen LogP contribution in [0.25, 0.3) is 0 Å². The SMILES string of the molecule is CC1(C)CC[C@]2(C)CC[C@]3(C)C(=CC[C@@H]4[C@@]5(C)[C@H](O)C[C@@H](O)[C@@](C)(CO)[C@@H]5CC[C@]43C)[C@@H]2C1. The van der Waals surface area contributed by atoms with E-state index < -0.39 is 17.6 Å². The lowest BCUT2D eigenvalue weighted by atomic mass is 9.33. The Morgan fingerprint density at radius 1 is 0.848 bits per heavy atom. The van der Waals surface area contributed by atoms with Gasteiger partial charge in [0.1, 0.15) is 0 Å². The van der Waals surface area contributed by atoms with Crippen molar-refractivity contribution in [2.45, 2.75) is 118 Å². The highest BCUT2D eigenvalue weighted by Crippen LogP contribution is 2.75. The molecule has 5 aliphatic rings. The van der Waals surface area contributed by atoms with Crippen LogP contribution < -0.4 is 0 Å². The number of rotatable bonds is 1. The van der Waals surface area contributed by atoms with Crippen molar-refractivity contribution in [2.75, 3.05) is 6.61 Å². The Morgan fingerprint density at radius 3 is 2.18 bits per heavy atom. The summed E-state index contributed by atoms with van der Waals surface area (Å²) >= 11 is 0. The molecule has 4 saturated carbocycles. The molecule has 10 atom stereocenters. The number of aliphatic hydroxyl groups is 3. The summed E-state index contributed by atoms with van der Waals surface area (Å²) in [6.45, 7) is 17.0. The number of fused-ring (bicyclic) bond motifs is 7. The molecule has 188 valence electrons. The molecule has 0 aromatic heterocycles. The second-order valence-electron chi connectivity index (χ2n) is 15.2. The van der Waals surface area contributed by atoms with Gasteiger partial charge < -0.3 is 15.3 Å². The van der Waals surface area contributed by atoms with Crippen molar-refractivity contribution in [3.63, 3.8) is 0 Å². The van der Waals surface area contributed by atoms with Gasteiger partial charge in [0.05, 0.1) is 18.8 Å². The fourth-order valence-electron chi connectivity index (χ4n) is 10.5. The van der Waals surface area contributed by atoms with Gasteiger partial charge in [-0.1, -0.05) is 60.1 Å². The van der Waals surface area contributed by atoms with Crippen molar-refractivity contribution in [3.05, 3.63) is 11.6 Å². The third-order valence-electron chi connectivity index (χ3n) is 13.3. The molecule has 3 N–H and O–H groups in total. The molecule has 0 aromatic carbocycles. The third-order valence-corrected chi connectivity index (χ3v) is 13.3. The van der Waals surface area contributed by atoms with Gasteiger partial charge in [-0.3, -0.25) is 0 Å². The van der Waals surface area contributed by atoms with Crippen LogP contribution in [0.2, 0.25) is 0 Å². The minimum atomic E-state index is -0.634. The number of hydrogen-bond acceptors (Lipinski definition) is 3. The zero-order valence-electron chi connectivity index (χ0n) is 22.4. The summed E-state index contributed by atoms with van der Waals surface area (Å²) in [5.41, 5.74) is 2.12. The maximum absolute atomic E-state index is 11.5. The van der Waals surface area contributed by atoms with Crippen molar-refractivity contribution < 1.29 is 15.3 Å². The lowest BCUT2D eigenvalue weighted by Gasteiger charge is -2.72. The van der Waals surface area contributed by atoms with E-state index in [1.165, 1.54) is 32.1 Å². The van der Waals surface area contributed by atoms with Gasteiger partial charge in [0.2, 0.25) is 0 Å². The van der Waals surface area contributed by atoms with Crippen LogP contribution >= 0.6 is 0 Å². The van der Waals surface area contributed by atoms with Crippen LogP contribution in [0.4, 0.5) is 0 Å². The quantitative estimate of drug-likeness (QED) is 0.415. The normalized spacial score (nSPS) is 57.8. The molecular weight excluding hydrogens is 408 g/mol. The molecule has 5 aliphatic carbocycles. The topological polar surface area (TPSA) is 60.7 Å². The molecule has 4 fully saturated rings. The lowest BCUT2D eigenvalue weighted by Crippen LogP contribution is -2.69. The van der Waals surface area contributed by atoms with Gasteiger partial charge in [-0.2, -0.15) is 0 Å². The Balaban J connectivity index is 1.60. The maximum atomic E-state index is 11.5. The molecule has 3 nitrogen and oxygen atoms in total. The minimum absolute atomic E-state index is 0.00154. The average Bonchev–Trinajstić information content (AvgIpc) is 2.74. The second kappa shape index (κ2) is 7.10. The molecule has 3 heteroatoms. The van der Waals surface area contributed by atoms with Crippen LogP contribution in [-0.4, -0.2) is 34.1 Å². The van der Waals surface area contributed by atoms with Crippen molar-refractivity contribution in [1.29, 1.82) is 0 Å². The Labute approximate surface area is 202 Å². The molecule has 0 amide bonds. The molecular formula is C30H50O3. The van der Waals surface area contributed by atoms with Gasteiger partial charge in [0.25, 0.3) is 0 Å². The van der Waals surface area contributed by atoms with Crippen LogP contribution in [0.1, 0.15) is 106 Å². The molecule has 0 aromatic rings. The highest BCUT2D eigenvalue weighted by molar-refractivity contribution is 5.34. The fraction of sp³-hybridized carbons (Fsp3) is 0.933. The highest BCUT2D eigenvalue weighted by Gasteiger charge is 2.70. The van der Waals surface area contributed by atoms with E-state index in [0.717, 1.165) is 19.3 Å². The zero-order chi connectivity index (χ0) is 24.2. The first-order chi connectivity index (χ1) is 15.2. The summed E-state index contributed by atoms with van der Waals surface area (Å²) in [7, 11) is 0. The lowest BCUT2D eigenvalue weighted by molar-refractivity contribution is -0.253. The van der Waals surface area contributed by atoms with Gasteiger partial charge in [-0.25, -0.2) is 0 Å². The Morgan fingerprint density at radius 2 is 1.52 bits per heavy atom. The molecule has 0 unspecified atom stereocenters. The monoisotopic (exact) mass is 458 g/mol. The predicted octanol–water partition coefficient (Wildman–Crippen LogP) is 6.11. The van der Waals surface area contributed by atoms with E-state index in [-0.39, 0.29) is 28.8 Å². The maximum Gasteiger partial charge on any atom is 0.0643 e. The van der Waals surface area contributed by atoms with E-state index in [9.17, 15) is 15.3 Å². The first-order valence-electron chi connectivity index (χ1n) is 13.9. The molecule has 5 rings (SSSR count). The predicted molar refractivity (Wildman–Crippen MR) is 134 cm³/mol. The Kier molecular flexibility index (Phi) is 5.23. The third kappa shape index (κ3) is 2.91. The van der Waals surface area contributed by atoms with Gasteiger partial charge in [-0.15, -0.1) is 0 Å². The van der Waals surface area contributed by atoms with E-state index in [1.54, 1.807) is 5.57 Å². The van der Waals surface area contributed by atoms with E-state index in [4.69, 9.17) is 0 Å². The molecule has 33 heavy (non-hydrogen) atoms. The zero-order valence-corrected chi connectivity index (χ0v) is 22.4. The van der Waals surface area contributed by atoms with E-state index in [0.29, 0.717) is 29.1 Å². The molecule has 0 saturated heterocycles. The largest absolute Gasteiger partial charge is 0.396 e. The smallest absolute Gasteiger partial charge is 0.0643 e. The molecule has 0 bridgehead atoms. The van der Waals surface area contributed by atoms with Crippen LogP contribution in [-0.2, 0) is 0 Å². The van der Waals surface area contributed by atoms with Crippen LogP contribution in [0.5, 0.6) is 0 Å². The van der Waals surface area contributed by atoms with Crippen molar-refractivity contribution in [3.8, 4) is 0 Å². The standard InChI is InChI=1S/C30H50O3/c1-25(2)12-13-26(3)14-15-28(5)19(20(26)17-25)8-9-22-29(28,6)11-10-21-27(4,18-31)23(32)16-24(33)30(21,22)7/h8,20-24,31-33H,9-18H2,1-7H3/t20-,21-,22-,23+,24+,26+,27-,28+,29+,30-/m0/s1. The summed E-state index contributed by atoms with van der Waals surface area (Å²) in [4.78, 5) is 0. The summed E-state index contributed by atoms with van der Waals surface area (Å²) in [6, 6.07) is 0. The summed E-state index contributed by atoms with van der Waals surface area (Å²) in [5.74, 6) is 1.21. The van der Waals surface area contributed by atoms with Crippen LogP contribution in [0.3, 0.4) is 0 Å². The van der Waals surface area contributed by atoms with E-state index >= 15 is 0 Å². The molecule has 0 heterocycles. The second-order valence-corrected chi connectivity index (χ2v) is 15.2. The van der Waals surface area contributed by atoms with Crippen molar-refractivity contribution in [1.82, 2.24) is 0 Å². The average molecular weight is 459 g/mol. The summed E-state index contributed by atoms with van der Waals surface area (Å²) < 4.78 is 0. The fourth-order valence-corrected chi connectivity index (χ4v) is 10.5.